The highest BCUT2D eigenvalue weighted by atomic mass is 35.5. The molecule has 0 amide bonds. The van der Waals surface area contributed by atoms with Crippen LogP contribution in [0.5, 0.6) is 5.75 Å². The first-order chi connectivity index (χ1) is 14.6. The van der Waals surface area contributed by atoms with Crippen LogP contribution in [0.15, 0.2) is 36.9 Å². The molecule has 1 aromatic heterocycles. The number of hydrogen-bond donors (Lipinski definition) is 1. The molecule has 2 fully saturated rings. The number of carboxylic acid groups (broad SMARTS) is 1. The minimum absolute atomic E-state index is 0.200. The van der Waals surface area contributed by atoms with Crippen molar-refractivity contribution in [1.29, 1.82) is 0 Å². The Labute approximate surface area is 181 Å². The molecular formula is C22H28ClN3O4. The third-order valence-corrected chi connectivity index (χ3v) is 6.53. The van der Waals surface area contributed by atoms with Crippen molar-refractivity contribution in [2.45, 2.75) is 32.4 Å². The summed E-state index contributed by atoms with van der Waals surface area (Å²) >= 11 is 6.26. The molecule has 162 valence electrons. The summed E-state index contributed by atoms with van der Waals surface area (Å²) in [5, 5.41) is 10.5. The van der Waals surface area contributed by atoms with Gasteiger partial charge < -0.3 is 19.1 Å². The number of hydrogen-bond acceptors (Lipinski definition) is 5. The molecule has 1 aromatic carbocycles. The van der Waals surface area contributed by atoms with E-state index in [9.17, 15) is 9.90 Å². The van der Waals surface area contributed by atoms with E-state index < -0.39 is 5.97 Å². The predicted molar refractivity (Wildman–Crippen MR) is 113 cm³/mol. The second-order valence-corrected chi connectivity index (χ2v) is 8.73. The zero-order valence-corrected chi connectivity index (χ0v) is 17.8. The summed E-state index contributed by atoms with van der Waals surface area (Å²) in [5.74, 6) is -0.258. The number of ether oxygens (including phenoxy) is 2. The number of carbonyl (C=O) groups is 1. The minimum atomic E-state index is -0.707. The Morgan fingerprint density at radius 3 is 2.93 bits per heavy atom. The smallest absolute Gasteiger partial charge is 0.308 e. The average molecular weight is 434 g/mol. The summed E-state index contributed by atoms with van der Waals surface area (Å²) in [6.45, 7) is 4.65. The molecule has 0 bridgehead atoms. The van der Waals surface area contributed by atoms with Gasteiger partial charge in [0.15, 0.2) is 0 Å². The first kappa shape index (κ1) is 21.2. The third-order valence-electron chi connectivity index (χ3n) is 6.30. The maximum atomic E-state index is 11.9. The molecule has 0 saturated carbocycles. The molecule has 8 heteroatoms. The van der Waals surface area contributed by atoms with Crippen LogP contribution < -0.4 is 4.74 Å². The van der Waals surface area contributed by atoms with Crippen molar-refractivity contribution in [3.05, 3.63) is 47.5 Å². The molecule has 1 spiro atoms. The van der Waals surface area contributed by atoms with Crippen LogP contribution in [0.2, 0.25) is 5.02 Å². The highest BCUT2D eigenvalue weighted by Crippen LogP contribution is 2.45. The number of likely N-dealkylation sites (tertiary alicyclic amines) is 1. The lowest BCUT2D eigenvalue weighted by Gasteiger charge is -2.36. The Morgan fingerprint density at radius 2 is 2.20 bits per heavy atom. The van der Waals surface area contributed by atoms with Gasteiger partial charge >= 0.3 is 5.97 Å². The summed E-state index contributed by atoms with van der Waals surface area (Å²) in [6.07, 6.45) is 7.97. The number of imidazole rings is 1. The van der Waals surface area contributed by atoms with E-state index in [-0.39, 0.29) is 11.3 Å². The van der Waals surface area contributed by atoms with Gasteiger partial charge in [-0.3, -0.25) is 9.69 Å². The van der Waals surface area contributed by atoms with E-state index in [4.69, 9.17) is 21.1 Å². The largest absolute Gasteiger partial charge is 0.493 e. The fraction of sp³-hybridized carbons (Fsp3) is 0.545. The van der Waals surface area contributed by atoms with E-state index in [2.05, 4.69) is 9.88 Å². The van der Waals surface area contributed by atoms with Gasteiger partial charge in [-0.15, -0.1) is 0 Å². The number of carboxylic acids is 1. The molecule has 0 aliphatic carbocycles. The van der Waals surface area contributed by atoms with E-state index in [1.54, 1.807) is 12.5 Å². The average Bonchev–Trinajstić information content (AvgIpc) is 3.35. The van der Waals surface area contributed by atoms with Gasteiger partial charge in [0.05, 0.1) is 18.9 Å². The van der Waals surface area contributed by atoms with Crippen molar-refractivity contribution < 1.29 is 19.4 Å². The zero-order chi connectivity index (χ0) is 21.0. The van der Waals surface area contributed by atoms with Gasteiger partial charge in [-0.2, -0.15) is 0 Å². The first-order valence-corrected chi connectivity index (χ1v) is 10.8. The molecule has 7 nitrogen and oxygen atoms in total. The second-order valence-electron chi connectivity index (χ2n) is 8.29. The van der Waals surface area contributed by atoms with Crippen molar-refractivity contribution in [3.8, 4) is 5.75 Å². The molecule has 4 rings (SSSR count). The Bertz CT molecular complexity index is 852. The topological polar surface area (TPSA) is 76.8 Å². The number of rotatable bonds is 8. The first-order valence-electron chi connectivity index (χ1n) is 10.5. The lowest BCUT2D eigenvalue weighted by Crippen LogP contribution is -2.40. The van der Waals surface area contributed by atoms with E-state index >= 15 is 0 Å². The SMILES string of the molecule is O=C(O)C1CN(Cc2cc(Cl)ccc2OCCCn2ccnc2)CC12CCOCC2. The number of halogens is 1. The van der Waals surface area contributed by atoms with Crippen LogP contribution in [0.1, 0.15) is 24.8 Å². The minimum Gasteiger partial charge on any atom is -0.493 e. The van der Waals surface area contributed by atoms with Gasteiger partial charge in [-0.05, 0) is 37.5 Å². The van der Waals surface area contributed by atoms with Crippen molar-refractivity contribution in [3.63, 3.8) is 0 Å². The molecule has 2 aliphatic rings. The van der Waals surface area contributed by atoms with Crippen LogP contribution in [0.3, 0.4) is 0 Å². The van der Waals surface area contributed by atoms with Crippen LogP contribution in [-0.4, -0.2) is 58.4 Å². The lowest BCUT2D eigenvalue weighted by molar-refractivity contribution is -0.147. The lowest BCUT2D eigenvalue weighted by atomic mass is 9.72. The summed E-state index contributed by atoms with van der Waals surface area (Å²) in [4.78, 5) is 18.2. The highest BCUT2D eigenvalue weighted by molar-refractivity contribution is 6.30. The molecule has 1 unspecified atom stereocenters. The molecule has 1 N–H and O–H groups in total. The normalized spacial score (nSPS) is 21.2. The maximum Gasteiger partial charge on any atom is 0.308 e. The fourth-order valence-electron chi connectivity index (χ4n) is 4.72. The number of nitrogens with zero attached hydrogens (tertiary/aromatic N) is 3. The number of benzene rings is 1. The molecule has 0 radical (unpaired) electrons. The molecule has 30 heavy (non-hydrogen) atoms. The summed E-state index contributed by atoms with van der Waals surface area (Å²) in [6, 6.07) is 5.67. The standard InChI is InChI=1S/C22H28ClN3O4/c23-18-2-3-20(30-9-1-7-25-8-6-24-16-25)17(12-18)13-26-14-19(21(27)28)22(15-26)4-10-29-11-5-22/h2-3,6,8,12,16,19H,1,4-5,7,9-11,13-15H2,(H,27,28). The zero-order valence-electron chi connectivity index (χ0n) is 17.0. The van der Waals surface area contributed by atoms with Gasteiger partial charge in [-0.1, -0.05) is 11.6 Å². The number of aromatic nitrogens is 2. The monoisotopic (exact) mass is 433 g/mol. The van der Waals surface area contributed by atoms with Crippen LogP contribution in [0.4, 0.5) is 0 Å². The third kappa shape index (κ3) is 4.79. The van der Waals surface area contributed by atoms with Crippen molar-refractivity contribution in [2.24, 2.45) is 11.3 Å². The van der Waals surface area contributed by atoms with Gasteiger partial charge in [0.2, 0.25) is 0 Å². The van der Waals surface area contributed by atoms with Gasteiger partial charge in [0, 0.05) is 67.8 Å². The summed E-state index contributed by atoms with van der Waals surface area (Å²) in [7, 11) is 0. The van der Waals surface area contributed by atoms with Crippen LogP contribution in [-0.2, 0) is 22.6 Å². The van der Waals surface area contributed by atoms with Crippen molar-refractivity contribution in [1.82, 2.24) is 14.5 Å². The molecular weight excluding hydrogens is 406 g/mol. The summed E-state index contributed by atoms with van der Waals surface area (Å²) < 4.78 is 13.6. The number of aryl methyl sites for hydroxylation is 1. The van der Waals surface area contributed by atoms with Gasteiger partial charge in [0.1, 0.15) is 5.75 Å². The Kier molecular flexibility index (Phi) is 6.61. The van der Waals surface area contributed by atoms with Crippen LogP contribution in [0, 0.1) is 11.3 Å². The van der Waals surface area contributed by atoms with E-state index in [1.807, 2.05) is 29.0 Å². The van der Waals surface area contributed by atoms with Gasteiger partial charge in [-0.25, -0.2) is 4.98 Å². The second kappa shape index (κ2) is 9.37. The van der Waals surface area contributed by atoms with Gasteiger partial charge in [0.25, 0.3) is 0 Å². The van der Waals surface area contributed by atoms with E-state index in [0.717, 1.165) is 43.7 Å². The summed E-state index contributed by atoms with van der Waals surface area (Å²) in [5.41, 5.74) is 0.799. The Morgan fingerprint density at radius 1 is 1.37 bits per heavy atom. The molecule has 3 heterocycles. The quantitative estimate of drug-likeness (QED) is 0.643. The van der Waals surface area contributed by atoms with E-state index in [1.165, 1.54) is 0 Å². The van der Waals surface area contributed by atoms with Crippen LogP contribution >= 0.6 is 11.6 Å². The highest BCUT2D eigenvalue weighted by Gasteiger charge is 2.50. The molecule has 2 saturated heterocycles. The van der Waals surface area contributed by atoms with Crippen LogP contribution in [0.25, 0.3) is 0 Å². The molecule has 2 aromatic rings. The molecule has 2 aliphatic heterocycles. The maximum absolute atomic E-state index is 11.9. The Balaban J connectivity index is 1.41. The van der Waals surface area contributed by atoms with Crippen molar-refractivity contribution >= 4 is 17.6 Å². The number of aliphatic carboxylic acids is 1. The molecule has 1 atom stereocenters. The van der Waals surface area contributed by atoms with Crippen molar-refractivity contribution in [2.75, 3.05) is 32.9 Å². The Hall–Kier alpha value is -2.09. The van der Waals surface area contributed by atoms with E-state index in [0.29, 0.717) is 37.9 Å². The fourth-order valence-corrected chi connectivity index (χ4v) is 4.91. The predicted octanol–water partition coefficient (Wildman–Crippen LogP) is 3.32.